The summed E-state index contributed by atoms with van der Waals surface area (Å²) >= 11 is 0. The third kappa shape index (κ3) is 3.52. The summed E-state index contributed by atoms with van der Waals surface area (Å²) in [7, 11) is -0.124. The van der Waals surface area contributed by atoms with Crippen LogP contribution >= 0.6 is 0 Å². The highest BCUT2D eigenvalue weighted by Crippen LogP contribution is 2.36. The Balaban J connectivity index is 1.65. The molecule has 148 valence electrons. The van der Waals surface area contributed by atoms with Crippen molar-refractivity contribution in [3.63, 3.8) is 0 Å². The van der Waals surface area contributed by atoms with Crippen LogP contribution in [-0.4, -0.2) is 81.6 Å². The van der Waals surface area contributed by atoms with Crippen molar-refractivity contribution in [1.82, 2.24) is 9.80 Å². The topological polar surface area (TPSA) is 76.2 Å². The van der Waals surface area contributed by atoms with Crippen LogP contribution in [0.25, 0.3) is 0 Å². The predicted octanol–water partition coefficient (Wildman–Crippen LogP) is 1.04. The minimum atomic E-state index is -3.16. The number of benzene rings is 1. The second-order valence-electron chi connectivity index (χ2n) is 7.69. The van der Waals surface area contributed by atoms with E-state index in [4.69, 9.17) is 9.47 Å². The van der Waals surface area contributed by atoms with E-state index in [9.17, 15) is 13.2 Å². The number of ether oxygens (including phenoxy) is 2. The minimum Gasteiger partial charge on any atom is -0.496 e. The van der Waals surface area contributed by atoms with Crippen LogP contribution in [-0.2, 0) is 9.84 Å². The molecule has 1 amide bonds. The Kier molecular flexibility index (Phi) is 4.80. The van der Waals surface area contributed by atoms with Gasteiger partial charge in [0, 0.05) is 25.7 Å². The highest BCUT2D eigenvalue weighted by molar-refractivity contribution is 7.91. The molecule has 3 aliphatic rings. The number of carbonyl (C=O) groups is 1. The minimum absolute atomic E-state index is 0.0298. The maximum atomic E-state index is 13.4. The number of methoxy groups -OCH3 is 2. The number of sulfone groups is 1. The standard InChI is InChI=1S/C19H26N2O5S/c1-25-16-4-3-5-17(26-2)18(16)19(22)21-9-8-20(10-13-6-7-13)14-11-27(23,24)12-15(14)21/h3-5,13-15H,6-12H2,1-2H3/t14-,15+/m1/s1. The molecule has 0 aromatic heterocycles. The summed E-state index contributed by atoms with van der Waals surface area (Å²) < 4.78 is 35.5. The number of fused-ring (bicyclic) bond motifs is 1. The van der Waals surface area contributed by atoms with Crippen molar-refractivity contribution < 1.29 is 22.7 Å². The second-order valence-corrected chi connectivity index (χ2v) is 9.84. The smallest absolute Gasteiger partial charge is 0.261 e. The molecular formula is C19H26N2O5S. The van der Waals surface area contributed by atoms with Gasteiger partial charge in [0.1, 0.15) is 17.1 Å². The van der Waals surface area contributed by atoms with Gasteiger partial charge in [-0.2, -0.15) is 0 Å². The maximum Gasteiger partial charge on any atom is 0.261 e. The van der Waals surface area contributed by atoms with E-state index in [1.54, 1.807) is 23.1 Å². The van der Waals surface area contributed by atoms with Crippen LogP contribution in [0.4, 0.5) is 0 Å². The highest BCUT2D eigenvalue weighted by Gasteiger charge is 2.49. The monoisotopic (exact) mass is 394 g/mol. The van der Waals surface area contributed by atoms with Crippen molar-refractivity contribution in [3.05, 3.63) is 23.8 Å². The Hall–Kier alpha value is -1.80. The molecular weight excluding hydrogens is 368 g/mol. The molecule has 0 N–H and O–H groups in total. The quantitative estimate of drug-likeness (QED) is 0.743. The van der Waals surface area contributed by atoms with Gasteiger partial charge in [0.15, 0.2) is 9.84 Å². The maximum absolute atomic E-state index is 13.4. The van der Waals surface area contributed by atoms with Crippen LogP contribution < -0.4 is 9.47 Å². The van der Waals surface area contributed by atoms with Gasteiger partial charge in [0.05, 0.1) is 31.8 Å². The summed E-state index contributed by atoms with van der Waals surface area (Å²) in [5, 5.41) is 0. The summed E-state index contributed by atoms with van der Waals surface area (Å²) in [6.07, 6.45) is 2.45. The second kappa shape index (κ2) is 6.98. The van der Waals surface area contributed by atoms with E-state index in [1.165, 1.54) is 27.1 Å². The fourth-order valence-corrected chi connectivity index (χ4v) is 6.35. The molecule has 0 unspecified atom stereocenters. The van der Waals surface area contributed by atoms with Gasteiger partial charge in [-0.3, -0.25) is 9.69 Å². The zero-order valence-corrected chi connectivity index (χ0v) is 16.6. The fourth-order valence-electron chi connectivity index (χ4n) is 4.34. The molecule has 1 aromatic carbocycles. The first kappa shape index (κ1) is 18.6. The van der Waals surface area contributed by atoms with Crippen LogP contribution in [0.2, 0.25) is 0 Å². The van der Waals surface area contributed by atoms with Crippen LogP contribution in [0.15, 0.2) is 18.2 Å². The molecule has 4 rings (SSSR count). The molecule has 0 radical (unpaired) electrons. The Morgan fingerprint density at radius 2 is 1.70 bits per heavy atom. The molecule has 7 nitrogen and oxygen atoms in total. The number of carbonyl (C=O) groups excluding carboxylic acids is 1. The molecule has 1 saturated carbocycles. The predicted molar refractivity (Wildman–Crippen MR) is 101 cm³/mol. The summed E-state index contributed by atoms with van der Waals surface area (Å²) in [6, 6.07) is 4.79. The van der Waals surface area contributed by atoms with Gasteiger partial charge in [0.25, 0.3) is 5.91 Å². The van der Waals surface area contributed by atoms with E-state index in [0.29, 0.717) is 36.1 Å². The van der Waals surface area contributed by atoms with E-state index in [0.717, 1.165) is 6.54 Å². The molecule has 8 heteroatoms. The average Bonchev–Trinajstić information content (AvgIpc) is 3.40. The van der Waals surface area contributed by atoms with Crippen molar-refractivity contribution in [2.75, 3.05) is 45.4 Å². The molecule has 27 heavy (non-hydrogen) atoms. The Morgan fingerprint density at radius 3 is 2.30 bits per heavy atom. The average molecular weight is 394 g/mol. The van der Waals surface area contributed by atoms with Crippen molar-refractivity contribution >= 4 is 15.7 Å². The number of hydrogen-bond donors (Lipinski definition) is 0. The number of rotatable bonds is 5. The van der Waals surface area contributed by atoms with Gasteiger partial charge in [-0.15, -0.1) is 0 Å². The number of piperazine rings is 1. The summed E-state index contributed by atoms with van der Waals surface area (Å²) in [6.45, 7) is 2.16. The van der Waals surface area contributed by atoms with Gasteiger partial charge in [-0.25, -0.2) is 8.42 Å². The number of amides is 1. The summed E-state index contributed by atoms with van der Waals surface area (Å²) in [4.78, 5) is 17.4. The first-order valence-electron chi connectivity index (χ1n) is 9.40. The normalized spacial score (nSPS) is 27.3. The molecule has 1 aromatic rings. The molecule has 2 atom stereocenters. The van der Waals surface area contributed by atoms with Crippen molar-refractivity contribution in [1.29, 1.82) is 0 Å². The van der Waals surface area contributed by atoms with Gasteiger partial charge in [0.2, 0.25) is 0 Å². The SMILES string of the molecule is COc1cccc(OC)c1C(=O)N1CCN(CC2CC2)[C@@H]2CS(=O)(=O)C[C@@H]21. The van der Waals surface area contributed by atoms with Gasteiger partial charge in [-0.05, 0) is 30.9 Å². The third-order valence-electron chi connectivity index (χ3n) is 5.88. The van der Waals surface area contributed by atoms with Crippen LogP contribution in [0, 0.1) is 5.92 Å². The van der Waals surface area contributed by atoms with E-state index in [-0.39, 0.29) is 29.5 Å². The van der Waals surface area contributed by atoms with Gasteiger partial charge >= 0.3 is 0 Å². The van der Waals surface area contributed by atoms with Crippen LogP contribution in [0.5, 0.6) is 11.5 Å². The molecule has 0 spiro atoms. The Bertz CT molecular complexity index is 814. The lowest BCUT2D eigenvalue weighted by molar-refractivity contribution is 0.0313. The summed E-state index contributed by atoms with van der Waals surface area (Å²) in [5.41, 5.74) is 0.362. The molecule has 2 aliphatic heterocycles. The highest BCUT2D eigenvalue weighted by atomic mass is 32.2. The van der Waals surface area contributed by atoms with Crippen LogP contribution in [0.1, 0.15) is 23.2 Å². The molecule has 2 saturated heterocycles. The van der Waals surface area contributed by atoms with E-state index >= 15 is 0 Å². The van der Waals surface area contributed by atoms with E-state index in [2.05, 4.69) is 4.90 Å². The molecule has 0 bridgehead atoms. The van der Waals surface area contributed by atoms with E-state index in [1.807, 2.05) is 0 Å². The molecule has 2 heterocycles. The van der Waals surface area contributed by atoms with E-state index < -0.39 is 9.84 Å². The first-order chi connectivity index (χ1) is 12.9. The van der Waals surface area contributed by atoms with Gasteiger partial charge < -0.3 is 14.4 Å². The lowest BCUT2D eigenvalue weighted by atomic mass is 10.0. The molecule has 1 aliphatic carbocycles. The first-order valence-corrected chi connectivity index (χ1v) is 11.2. The zero-order valence-electron chi connectivity index (χ0n) is 15.8. The third-order valence-corrected chi connectivity index (χ3v) is 7.58. The van der Waals surface area contributed by atoms with Crippen molar-refractivity contribution in [2.45, 2.75) is 24.9 Å². The van der Waals surface area contributed by atoms with Crippen LogP contribution in [0.3, 0.4) is 0 Å². The molecule has 3 fully saturated rings. The van der Waals surface area contributed by atoms with Crippen molar-refractivity contribution in [2.24, 2.45) is 5.92 Å². The lowest BCUT2D eigenvalue weighted by Gasteiger charge is -2.44. The van der Waals surface area contributed by atoms with Crippen molar-refractivity contribution in [3.8, 4) is 11.5 Å². The largest absolute Gasteiger partial charge is 0.496 e. The summed E-state index contributed by atoms with van der Waals surface area (Å²) in [5.74, 6) is 1.52. The number of hydrogen-bond acceptors (Lipinski definition) is 6. The number of nitrogens with zero attached hydrogens (tertiary/aromatic N) is 2. The Labute approximate surface area is 160 Å². The van der Waals surface area contributed by atoms with Gasteiger partial charge in [-0.1, -0.05) is 6.07 Å². The lowest BCUT2D eigenvalue weighted by Crippen LogP contribution is -2.60. The fraction of sp³-hybridized carbons (Fsp3) is 0.632. The zero-order chi connectivity index (χ0) is 19.2. The Morgan fingerprint density at radius 1 is 1.07 bits per heavy atom.